The van der Waals surface area contributed by atoms with Gasteiger partial charge in [-0.05, 0) is 67.5 Å². The summed E-state index contributed by atoms with van der Waals surface area (Å²) in [4.78, 5) is 46.2. The lowest BCUT2D eigenvalue weighted by Gasteiger charge is -2.44. The lowest BCUT2D eigenvalue weighted by atomic mass is 9.86. The molecule has 0 unspecified atom stereocenters. The van der Waals surface area contributed by atoms with Crippen LogP contribution in [-0.4, -0.2) is 96.9 Å². The summed E-state index contributed by atoms with van der Waals surface area (Å²) >= 11 is 7.83. The summed E-state index contributed by atoms with van der Waals surface area (Å²) < 4.78 is 33.2. The molecule has 10 nitrogen and oxygen atoms in total. The number of Topliss-reactive ketones (excluding diaryl/α,β-unsaturated/α-hetero) is 1. The van der Waals surface area contributed by atoms with Crippen LogP contribution in [0, 0.1) is 11.8 Å². The Kier molecular flexibility index (Phi) is 13.0. The summed E-state index contributed by atoms with van der Waals surface area (Å²) in [5.41, 5.74) is 0. The molecular weight excluding hydrogens is 672 g/mol. The van der Waals surface area contributed by atoms with Gasteiger partial charge in [0, 0.05) is 43.5 Å². The number of carbonyl (C=O) groups excluding carboxylic acids is 3. The molecule has 1 N–H and O–H groups in total. The number of benzene rings is 1. The maximum absolute atomic E-state index is 14.7. The Bertz CT molecular complexity index is 1490. The summed E-state index contributed by atoms with van der Waals surface area (Å²) in [6.45, 7) is 4.99. The first-order chi connectivity index (χ1) is 23.0. The first-order valence-electron chi connectivity index (χ1n) is 17.3. The second kappa shape index (κ2) is 16.9. The van der Waals surface area contributed by atoms with Crippen molar-refractivity contribution in [3.05, 3.63) is 51.7 Å². The molecule has 13 heteroatoms. The molecule has 0 bridgehead atoms. The molecule has 3 fully saturated rings. The zero-order chi connectivity index (χ0) is 34.3. The predicted molar refractivity (Wildman–Crippen MR) is 189 cm³/mol. The van der Waals surface area contributed by atoms with E-state index in [9.17, 15) is 22.8 Å². The summed E-state index contributed by atoms with van der Waals surface area (Å²) in [6.07, 6.45) is 6.66. The minimum Gasteiger partial charge on any atom is -0.409 e. The van der Waals surface area contributed by atoms with E-state index >= 15 is 0 Å². The number of ketones is 1. The highest BCUT2D eigenvalue weighted by atomic mass is 35.5. The van der Waals surface area contributed by atoms with E-state index in [-0.39, 0.29) is 67.1 Å². The Balaban J connectivity index is 1.35. The van der Waals surface area contributed by atoms with Crippen LogP contribution in [0.2, 0.25) is 5.02 Å². The van der Waals surface area contributed by atoms with Crippen molar-refractivity contribution in [2.45, 2.75) is 89.8 Å². The summed E-state index contributed by atoms with van der Waals surface area (Å²) in [5, 5.41) is 5.99. The van der Waals surface area contributed by atoms with Gasteiger partial charge in [0.15, 0.2) is 11.5 Å². The Morgan fingerprint density at radius 1 is 0.979 bits per heavy atom. The average molecular weight is 721 g/mol. The molecule has 0 spiro atoms. The number of nitrogens with one attached hydrogen (secondary N) is 1. The molecule has 1 aromatic heterocycles. The normalized spacial score (nSPS) is 21.0. The van der Waals surface area contributed by atoms with Gasteiger partial charge in [-0.2, -0.15) is 0 Å². The number of amides is 2. The van der Waals surface area contributed by atoms with E-state index in [0.717, 1.165) is 30.6 Å². The fourth-order valence-electron chi connectivity index (χ4n) is 7.17. The largest absolute Gasteiger partial charge is 0.415 e. The lowest BCUT2D eigenvalue weighted by molar-refractivity contribution is -0.146. The molecule has 3 heterocycles. The van der Waals surface area contributed by atoms with Crippen molar-refractivity contribution in [1.82, 2.24) is 19.4 Å². The van der Waals surface area contributed by atoms with Gasteiger partial charge < -0.3 is 19.9 Å². The van der Waals surface area contributed by atoms with Crippen molar-refractivity contribution in [3.63, 3.8) is 0 Å². The number of aryl methyl sites for hydroxylation is 1. The molecule has 1 aromatic carbocycles. The number of hydrogen-bond acceptors (Lipinski definition) is 8. The average Bonchev–Trinajstić information content (AvgIpc) is 3.60. The van der Waals surface area contributed by atoms with Crippen LogP contribution in [0.5, 0.6) is 5.75 Å². The number of nitrogens with zero attached hydrogens (tertiary/aromatic N) is 3. The monoisotopic (exact) mass is 720 g/mol. The molecule has 2 amide bonds. The Morgan fingerprint density at radius 3 is 2.38 bits per heavy atom. The molecule has 2 atom stereocenters. The van der Waals surface area contributed by atoms with Crippen molar-refractivity contribution < 1.29 is 27.5 Å². The van der Waals surface area contributed by atoms with E-state index in [0.29, 0.717) is 37.4 Å². The van der Waals surface area contributed by atoms with E-state index < -0.39 is 28.2 Å². The molecule has 2 aromatic rings. The predicted octanol–water partition coefficient (Wildman–Crippen LogP) is 5.60. The number of ether oxygens (including phenoxy) is 1. The molecular formula is C35H49ClN4O6S2. The summed E-state index contributed by atoms with van der Waals surface area (Å²) in [6, 6.07) is 9.50. The van der Waals surface area contributed by atoms with Crippen molar-refractivity contribution in [3.8, 4) is 5.75 Å². The van der Waals surface area contributed by atoms with Gasteiger partial charge in [0.05, 0.1) is 23.4 Å². The van der Waals surface area contributed by atoms with Crippen molar-refractivity contribution >= 4 is 50.7 Å². The fourth-order valence-corrected chi connectivity index (χ4v) is 9.87. The van der Waals surface area contributed by atoms with Crippen LogP contribution < -0.4 is 10.1 Å². The van der Waals surface area contributed by atoms with Crippen LogP contribution in [0.1, 0.15) is 70.1 Å². The van der Waals surface area contributed by atoms with Gasteiger partial charge in [-0.25, -0.2) is 17.5 Å². The van der Waals surface area contributed by atoms with Gasteiger partial charge in [0.2, 0.25) is 15.9 Å². The molecule has 1 saturated carbocycles. The molecule has 48 heavy (non-hydrogen) atoms. The smallest absolute Gasteiger partial charge is 0.409 e. The van der Waals surface area contributed by atoms with Crippen molar-refractivity contribution in [2.24, 2.45) is 11.8 Å². The fraction of sp³-hybridized carbons (Fsp3) is 0.629. The van der Waals surface area contributed by atoms with Gasteiger partial charge in [-0.15, -0.1) is 11.3 Å². The molecule has 2 aliphatic heterocycles. The highest BCUT2D eigenvalue weighted by Gasteiger charge is 2.43. The van der Waals surface area contributed by atoms with Crippen LogP contribution in [0.4, 0.5) is 4.79 Å². The maximum Gasteiger partial charge on any atom is 0.415 e. The number of piperidine rings is 1. The second-order valence-electron chi connectivity index (χ2n) is 13.7. The first kappa shape index (κ1) is 36.8. The van der Waals surface area contributed by atoms with E-state index in [1.807, 2.05) is 31.4 Å². The van der Waals surface area contributed by atoms with Crippen LogP contribution >= 0.6 is 22.9 Å². The third-order valence-electron chi connectivity index (χ3n) is 9.72. The third-order valence-corrected chi connectivity index (χ3v) is 13.2. The Hall–Kier alpha value is -2.51. The van der Waals surface area contributed by atoms with Gasteiger partial charge in [0.25, 0.3) is 0 Å². The van der Waals surface area contributed by atoms with Gasteiger partial charge in [-0.3, -0.25) is 9.59 Å². The SMILES string of the molecule is CC(C)CS(=O)(=O)N1CCC([C@@H](NC2CCCCC2)C(=O)N2CCN(C(=O)Oc3ccccc3Cl)C[C@H]2C(=O)CCc2cccs2)CC1. The molecule has 3 aliphatic rings. The van der Waals surface area contributed by atoms with Gasteiger partial charge in [0.1, 0.15) is 6.04 Å². The first-order valence-corrected chi connectivity index (χ1v) is 20.2. The lowest BCUT2D eigenvalue weighted by Crippen LogP contribution is -2.64. The van der Waals surface area contributed by atoms with Crippen LogP contribution in [-0.2, 0) is 26.0 Å². The minimum atomic E-state index is -3.37. The highest BCUT2D eigenvalue weighted by molar-refractivity contribution is 7.89. The van der Waals surface area contributed by atoms with E-state index in [1.165, 1.54) is 11.3 Å². The van der Waals surface area contributed by atoms with E-state index in [2.05, 4.69) is 5.32 Å². The minimum absolute atomic E-state index is 0.0281. The zero-order valence-electron chi connectivity index (χ0n) is 28.0. The van der Waals surface area contributed by atoms with Crippen LogP contribution in [0.15, 0.2) is 41.8 Å². The maximum atomic E-state index is 14.7. The van der Waals surface area contributed by atoms with E-state index in [1.54, 1.807) is 44.8 Å². The van der Waals surface area contributed by atoms with Crippen molar-refractivity contribution in [1.29, 1.82) is 0 Å². The van der Waals surface area contributed by atoms with Gasteiger partial charge >= 0.3 is 6.09 Å². The van der Waals surface area contributed by atoms with Crippen LogP contribution in [0.3, 0.4) is 0 Å². The Labute approximate surface area is 294 Å². The zero-order valence-corrected chi connectivity index (χ0v) is 30.4. The number of piperazine rings is 1. The number of rotatable bonds is 12. The molecule has 5 rings (SSSR count). The second-order valence-corrected chi connectivity index (χ2v) is 17.2. The highest BCUT2D eigenvalue weighted by Crippen LogP contribution is 2.29. The number of carbonyl (C=O) groups is 3. The Morgan fingerprint density at radius 2 is 1.71 bits per heavy atom. The van der Waals surface area contributed by atoms with Crippen LogP contribution in [0.25, 0.3) is 0 Å². The van der Waals surface area contributed by atoms with E-state index in [4.69, 9.17) is 16.3 Å². The number of para-hydroxylation sites is 1. The van der Waals surface area contributed by atoms with Crippen molar-refractivity contribution in [2.75, 3.05) is 38.5 Å². The molecule has 0 radical (unpaired) electrons. The van der Waals surface area contributed by atoms with Gasteiger partial charge in [-0.1, -0.05) is 62.9 Å². The summed E-state index contributed by atoms with van der Waals surface area (Å²) in [5.74, 6) is 0.0658. The standard InChI is InChI=1S/C35H49ClN4O6S2/c1-25(2)24-48(44,45)39-18-16-26(17-19-39)33(37-27-9-4-3-5-10-27)34(42)40-21-20-38(35(43)46-32-13-7-6-12-29(32)36)23-30(40)31(41)15-14-28-11-8-22-47-28/h6-8,11-13,22,25-27,30,33,37H,3-5,9-10,14-21,23-24H2,1-2H3/t30-,33+/m0/s1. The number of thiophene rings is 1. The molecule has 1 aliphatic carbocycles. The number of hydrogen-bond donors (Lipinski definition) is 1. The third kappa shape index (κ3) is 9.59. The number of sulfonamides is 1. The quantitative estimate of drug-likeness (QED) is 0.303. The summed E-state index contributed by atoms with van der Waals surface area (Å²) in [7, 11) is -3.37. The molecule has 2 saturated heterocycles. The topological polar surface area (TPSA) is 116 Å². The molecule has 264 valence electrons. The number of halogens is 1.